The van der Waals surface area contributed by atoms with E-state index in [1.54, 1.807) is 48.5 Å². The molecule has 0 spiro atoms. The van der Waals surface area contributed by atoms with Gasteiger partial charge in [0.25, 0.3) is 5.91 Å². The van der Waals surface area contributed by atoms with Crippen molar-refractivity contribution in [3.8, 4) is 0 Å². The molecule has 0 saturated carbocycles. The van der Waals surface area contributed by atoms with Gasteiger partial charge in [-0.05, 0) is 59.6 Å². The first-order valence-electron chi connectivity index (χ1n) is 10.6. The summed E-state index contributed by atoms with van der Waals surface area (Å²) in [5.74, 6) is -0.861. The van der Waals surface area contributed by atoms with Crippen molar-refractivity contribution in [3.63, 3.8) is 0 Å². The zero-order valence-electron chi connectivity index (χ0n) is 19.8. The monoisotopic (exact) mass is 443 g/mol. The molecule has 2 aromatic rings. The molecule has 2 rings (SSSR count). The number of aromatic amines is 1. The second kappa shape index (κ2) is 10.3. The van der Waals surface area contributed by atoms with Gasteiger partial charge in [0, 0.05) is 12.2 Å². The summed E-state index contributed by atoms with van der Waals surface area (Å²) >= 11 is 0. The van der Waals surface area contributed by atoms with Crippen molar-refractivity contribution in [1.82, 2.24) is 15.6 Å². The van der Waals surface area contributed by atoms with Crippen molar-refractivity contribution in [2.75, 3.05) is 6.54 Å². The van der Waals surface area contributed by atoms with Gasteiger partial charge in [0.15, 0.2) is 0 Å². The number of nitrogens with one attached hydrogen (secondary N) is 3. The van der Waals surface area contributed by atoms with E-state index in [9.17, 15) is 14.4 Å². The van der Waals surface area contributed by atoms with Crippen LogP contribution >= 0.6 is 0 Å². The fourth-order valence-corrected chi connectivity index (χ4v) is 3.23. The number of carbonyl (C=O) groups is 3. The number of H-pyrrole nitrogens is 1. The van der Waals surface area contributed by atoms with Crippen LogP contribution in [0.5, 0.6) is 0 Å². The molecular formula is C24H33N3O5. The summed E-state index contributed by atoms with van der Waals surface area (Å²) < 4.78 is 10.6. The lowest BCUT2D eigenvalue weighted by Crippen LogP contribution is -2.40. The van der Waals surface area contributed by atoms with Crippen LogP contribution in [0.2, 0.25) is 0 Å². The largest absolute Gasteiger partial charge is 0.459 e. The van der Waals surface area contributed by atoms with Crippen molar-refractivity contribution in [1.29, 1.82) is 0 Å². The summed E-state index contributed by atoms with van der Waals surface area (Å²) in [6, 6.07) is 8.79. The summed E-state index contributed by atoms with van der Waals surface area (Å²) in [4.78, 5) is 40.6. The maximum Gasteiger partial charge on any atom is 0.408 e. The Morgan fingerprint density at radius 3 is 2.25 bits per heavy atom. The number of aryl methyl sites for hydroxylation is 1. The van der Waals surface area contributed by atoms with E-state index < -0.39 is 23.7 Å². The van der Waals surface area contributed by atoms with E-state index in [-0.39, 0.29) is 24.2 Å². The fraction of sp³-hybridized carbons (Fsp3) is 0.458. The number of alkyl carbamates (subject to hydrolysis) is 1. The van der Waals surface area contributed by atoms with Gasteiger partial charge >= 0.3 is 12.1 Å². The van der Waals surface area contributed by atoms with E-state index >= 15 is 0 Å². The second-order valence-electron chi connectivity index (χ2n) is 8.90. The van der Waals surface area contributed by atoms with Crippen LogP contribution in [0.4, 0.5) is 4.79 Å². The fourth-order valence-electron chi connectivity index (χ4n) is 3.23. The normalized spacial score (nSPS) is 12.2. The number of amides is 2. The molecule has 0 aliphatic heterocycles. The third-order valence-corrected chi connectivity index (χ3v) is 4.57. The zero-order chi connectivity index (χ0) is 24.1. The smallest absolute Gasteiger partial charge is 0.408 e. The van der Waals surface area contributed by atoms with Gasteiger partial charge in [0.05, 0.1) is 17.7 Å². The van der Waals surface area contributed by atoms with Gasteiger partial charge in [-0.25, -0.2) is 9.59 Å². The summed E-state index contributed by atoms with van der Waals surface area (Å²) in [5, 5.41) is 5.64. The summed E-state index contributed by atoms with van der Waals surface area (Å²) in [7, 11) is 0. The van der Waals surface area contributed by atoms with E-state index in [1.807, 2.05) is 30.3 Å². The van der Waals surface area contributed by atoms with Crippen LogP contribution in [0.25, 0.3) is 0 Å². The van der Waals surface area contributed by atoms with Crippen molar-refractivity contribution >= 4 is 18.0 Å². The molecule has 0 aliphatic carbocycles. The highest BCUT2D eigenvalue weighted by molar-refractivity contribution is 6.00. The van der Waals surface area contributed by atoms with E-state index in [4.69, 9.17) is 9.47 Å². The van der Waals surface area contributed by atoms with Crippen molar-refractivity contribution < 1.29 is 23.9 Å². The first kappa shape index (κ1) is 25.0. The van der Waals surface area contributed by atoms with Gasteiger partial charge < -0.3 is 25.1 Å². The molecule has 1 atom stereocenters. The molecule has 3 N–H and O–H groups in total. The number of esters is 1. The molecule has 174 valence electrons. The van der Waals surface area contributed by atoms with Crippen LogP contribution in [0.1, 0.15) is 78.3 Å². The molecule has 1 aromatic heterocycles. The average molecular weight is 444 g/mol. The minimum Gasteiger partial charge on any atom is -0.459 e. The third kappa shape index (κ3) is 6.87. The van der Waals surface area contributed by atoms with E-state index in [0.717, 1.165) is 5.56 Å². The molecule has 1 heterocycles. The van der Waals surface area contributed by atoms with Gasteiger partial charge in [-0.1, -0.05) is 30.3 Å². The van der Waals surface area contributed by atoms with Crippen LogP contribution in [-0.4, -0.2) is 41.2 Å². The number of hydrogen-bond donors (Lipinski definition) is 3. The third-order valence-electron chi connectivity index (χ3n) is 4.57. The molecule has 0 aliphatic rings. The van der Waals surface area contributed by atoms with Gasteiger partial charge in [0.1, 0.15) is 11.3 Å². The Kier molecular flexibility index (Phi) is 8.08. The maximum absolute atomic E-state index is 12.9. The molecule has 8 heteroatoms. The minimum absolute atomic E-state index is 0.130. The Bertz CT molecular complexity index is 958. The van der Waals surface area contributed by atoms with E-state index in [0.29, 0.717) is 16.8 Å². The Balaban J connectivity index is 2.16. The zero-order valence-corrected chi connectivity index (χ0v) is 19.8. The number of ether oxygens (including phenoxy) is 2. The SMILES string of the molecule is Cc1[nH]c(C(=O)NC[C@H](NC(=O)OC(C)(C)C)c2ccccc2)c(C)c1C(=O)OC(C)C. The molecule has 2 amide bonds. The first-order chi connectivity index (χ1) is 14.9. The van der Waals surface area contributed by atoms with Gasteiger partial charge in [0.2, 0.25) is 0 Å². The molecule has 1 aromatic carbocycles. The predicted molar refractivity (Wildman–Crippen MR) is 122 cm³/mol. The topological polar surface area (TPSA) is 110 Å². The van der Waals surface area contributed by atoms with Crippen LogP contribution in [0.3, 0.4) is 0 Å². The minimum atomic E-state index is -0.644. The first-order valence-corrected chi connectivity index (χ1v) is 10.6. The number of benzene rings is 1. The number of carbonyl (C=O) groups excluding carboxylic acids is 3. The van der Waals surface area contributed by atoms with Gasteiger partial charge in [-0.3, -0.25) is 4.79 Å². The summed E-state index contributed by atoms with van der Waals surface area (Å²) in [6.45, 7) is 12.4. The van der Waals surface area contributed by atoms with Gasteiger partial charge in [-0.2, -0.15) is 0 Å². The van der Waals surface area contributed by atoms with Gasteiger partial charge in [-0.15, -0.1) is 0 Å². The predicted octanol–water partition coefficient (Wildman–Crippen LogP) is 4.19. The lowest BCUT2D eigenvalue weighted by atomic mass is 10.1. The quantitative estimate of drug-likeness (QED) is 0.556. The molecule has 0 saturated heterocycles. The van der Waals surface area contributed by atoms with Crippen molar-refractivity contribution in [2.45, 2.75) is 66.2 Å². The number of hydrogen-bond acceptors (Lipinski definition) is 5. The summed E-state index contributed by atoms with van der Waals surface area (Å²) in [5.41, 5.74) is 1.89. The van der Waals surface area contributed by atoms with E-state index in [1.165, 1.54) is 0 Å². The molecule has 0 unspecified atom stereocenters. The van der Waals surface area contributed by atoms with Crippen LogP contribution in [0, 0.1) is 13.8 Å². The van der Waals surface area contributed by atoms with Crippen LogP contribution < -0.4 is 10.6 Å². The van der Waals surface area contributed by atoms with Crippen LogP contribution in [-0.2, 0) is 9.47 Å². The molecule has 8 nitrogen and oxygen atoms in total. The number of aromatic nitrogens is 1. The molecule has 0 fully saturated rings. The maximum atomic E-state index is 12.9. The number of rotatable bonds is 7. The highest BCUT2D eigenvalue weighted by Crippen LogP contribution is 2.20. The Hall–Kier alpha value is -3.29. The average Bonchev–Trinajstić information content (AvgIpc) is 2.97. The van der Waals surface area contributed by atoms with Crippen molar-refractivity contribution in [3.05, 3.63) is 58.4 Å². The Morgan fingerprint density at radius 2 is 1.69 bits per heavy atom. The van der Waals surface area contributed by atoms with E-state index in [2.05, 4.69) is 15.6 Å². The van der Waals surface area contributed by atoms with Crippen LogP contribution in [0.15, 0.2) is 30.3 Å². The second-order valence-corrected chi connectivity index (χ2v) is 8.90. The molecule has 0 radical (unpaired) electrons. The highest BCUT2D eigenvalue weighted by atomic mass is 16.6. The van der Waals surface area contributed by atoms with Crippen molar-refractivity contribution in [2.24, 2.45) is 0 Å². The summed E-state index contributed by atoms with van der Waals surface area (Å²) in [6.07, 6.45) is -0.842. The lowest BCUT2D eigenvalue weighted by Gasteiger charge is -2.24. The molecular weight excluding hydrogens is 410 g/mol. The lowest BCUT2D eigenvalue weighted by molar-refractivity contribution is 0.0375. The Morgan fingerprint density at radius 1 is 1.06 bits per heavy atom. The molecule has 0 bridgehead atoms. The Labute approximate surface area is 189 Å². The highest BCUT2D eigenvalue weighted by Gasteiger charge is 2.25. The standard InChI is InChI=1S/C24H33N3O5/c1-14(2)31-22(29)19-15(3)20(26-16(19)4)21(28)25-13-18(17-11-9-8-10-12-17)27-23(30)32-24(5,6)7/h8-12,14,18,26H,13H2,1-7H3,(H,25,28)(H,27,30)/t18-/m0/s1. The molecule has 32 heavy (non-hydrogen) atoms.